The first kappa shape index (κ1) is 15.7. The van der Waals surface area contributed by atoms with Gasteiger partial charge in [0, 0.05) is 15.0 Å². The highest BCUT2D eigenvalue weighted by molar-refractivity contribution is 9.10. The Hall–Kier alpha value is -0.690. The summed E-state index contributed by atoms with van der Waals surface area (Å²) in [5.41, 5.74) is 0.909. The SMILES string of the molecule is C[C@H](NS(=O)(=O)c1cccc(Br)c1)c1ccc(Br)cc1. The van der Waals surface area contributed by atoms with E-state index in [1.165, 1.54) is 0 Å². The summed E-state index contributed by atoms with van der Waals surface area (Å²) in [6, 6.07) is 13.9. The van der Waals surface area contributed by atoms with Crippen LogP contribution in [0.2, 0.25) is 0 Å². The fraction of sp³-hybridized carbons (Fsp3) is 0.143. The van der Waals surface area contributed by atoms with Crippen LogP contribution in [0, 0.1) is 0 Å². The van der Waals surface area contributed by atoms with Gasteiger partial charge in [-0.3, -0.25) is 0 Å². The van der Waals surface area contributed by atoms with Gasteiger partial charge in [0.05, 0.1) is 4.90 Å². The van der Waals surface area contributed by atoms with Crippen molar-refractivity contribution in [2.75, 3.05) is 0 Å². The molecule has 20 heavy (non-hydrogen) atoms. The number of sulfonamides is 1. The molecule has 1 N–H and O–H groups in total. The van der Waals surface area contributed by atoms with Crippen molar-refractivity contribution in [1.29, 1.82) is 0 Å². The summed E-state index contributed by atoms with van der Waals surface area (Å²) in [6.07, 6.45) is 0. The highest BCUT2D eigenvalue weighted by atomic mass is 79.9. The summed E-state index contributed by atoms with van der Waals surface area (Å²) in [4.78, 5) is 0.246. The van der Waals surface area contributed by atoms with E-state index in [0.29, 0.717) is 0 Å². The van der Waals surface area contributed by atoms with Crippen molar-refractivity contribution in [2.45, 2.75) is 17.9 Å². The van der Waals surface area contributed by atoms with Gasteiger partial charge in [0.1, 0.15) is 0 Å². The minimum atomic E-state index is -3.53. The zero-order chi connectivity index (χ0) is 14.8. The van der Waals surface area contributed by atoms with E-state index in [1.807, 2.05) is 31.2 Å². The van der Waals surface area contributed by atoms with Crippen molar-refractivity contribution in [3.8, 4) is 0 Å². The van der Waals surface area contributed by atoms with Gasteiger partial charge in [0.25, 0.3) is 0 Å². The molecule has 0 unspecified atom stereocenters. The molecule has 0 saturated heterocycles. The number of halogens is 2. The molecule has 0 fully saturated rings. The Kier molecular flexibility index (Phi) is 5.01. The van der Waals surface area contributed by atoms with Gasteiger partial charge >= 0.3 is 0 Å². The van der Waals surface area contributed by atoms with E-state index >= 15 is 0 Å². The van der Waals surface area contributed by atoms with Gasteiger partial charge in [-0.1, -0.05) is 50.1 Å². The molecule has 2 aromatic rings. The Morgan fingerprint density at radius 2 is 1.65 bits per heavy atom. The first-order valence-corrected chi connectivity index (χ1v) is 8.99. The second-order valence-corrected chi connectivity index (χ2v) is 7.90. The van der Waals surface area contributed by atoms with Gasteiger partial charge in [-0.15, -0.1) is 0 Å². The number of hydrogen-bond donors (Lipinski definition) is 1. The van der Waals surface area contributed by atoms with Crippen LogP contribution in [-0.4, -0.2) is 8.42 Å². The van der Waals surface area contributed by atoms with E-state index < -0.39 is 10.0 Å². The normalized spacial score (nSPS) is 13.2. The third kappa shape index (κ3) is 3.91. The largest absolute Gasteiger partial charge is 0.241 e. The topological polar surface area (TPSA) is 46.2 Å². The van der Waals surface area contributed by atoms with Crippen LogP contribution in [0.5, 0.6) is 0 Å². The zero-order valence-corrected chi connectivity index (χ0v) is 14.7. The molecule has 0 saturated carbocycles. The quantitative estimate of drug-likeness (QED) is 0.806. The summed E-state index contributed by atoms with van der Waals surface area (Å²) in [7, 11) is -3.53. The average Bonchev–Trinajstić information content (AvgIpc) is 2.39. The highest BCUT2D eigenvalue weighted by Gasteiger charge is 2.18. The Labute approximate surface area is 135 Å². The number of hydrogen-bond acceptors (Lipinski definition) is 2. The molecular weight excluding hydrogens is 406 g/mol. The lowest BCUT2D eigenvalue weighted by molar-refractivity contribution is 0.567. The van der Waals surface area contributed by atoms with Gasteiger partial charge in [-0.25, -0.2) is 13.1 Å². The van der Waals surface area contributed by atoms with Gasteiger partial charge in [-0.2, -0.15) is 0 Å². The number of nitrogens with one attached hydrogen (secondary N) is 1. The summed E-state index contributed by atoms with van der Waals surface area (Å²) >= 11 is 6.63. The number of benzene rings is 2. The Morgan fingerprint density at radius 1 is 1.00 bits per heavy atom. The molecule has 0 bridgehead atoms. The Morgan fingerprint density at radius 3 is 2.25 bits per heavy atom. The van der Waals surface area contributed by atoms with Crippen molar-refractivity contribution < 1.29 is 8.42 Å². The van der Waals surface area contributed by atoms with Crippen LogP contribution in [0.4, 0.5) is 0 Å². The van der Waals surface area contributed by atoms with Crippen molar-refractivity contribution in [3.63, 3.8) is 0 Å². The molecule has 0 aromatic heterocycles. The van der Waals surface area contributed by atoms with Gasteiger partial charge in [0.2, 0.25) is 10.0 Å². The molecule has 0 radical (unpaired) electrons. The van der Waals surface area contributed by atoms with Crippen molar-refractivity contribution in [2.24, 2.45) is 0 Å². The molecule has 0 aliphatic heterocycles. The molecule has 0 aliphatic carbocycles. The summed E-state index contributed by atoms with van der Waals surface area (Å²) < 4.78 is 29.0. The van der Waals surface area contributed by atoms with Gasteiger partial charge < -0.3 is 0 Å². The van der Waals surface area contributed by atoms with E-state index in [0.717, 1.165) is 14.5 Å². The fourth-order valence-electron chi connectivity index (χ4n) is 1.75. The van der Waals surface area contributed by atoms with Crippen LogP contribution in [-0.2, 0) is 10.0 Å². The first-order chi connectivity index (χ1) is 9.38. The predicted molar refractivity (Wildman–Crippen MR) is 87.0 cm³/mol. The highest BCUT2D eigenvalue weighted by Crippen LogP contribution is 2.21. The van der Waals surface area contributed by atoms with E-state index in [-0.39, 0.29) is 10.9 Å². The molecule has 0 spiro atoms. The predicted octanol–water partition coefficient (Wildman–Crippen LogP) is 4.25. The van der Waals surface area contributed by atoms with Gasteiger partial charge in [0.15, 0.2) is 0 Å². The lowest BCUT2D eigenvalue weighted by Gasteiger charge is -2.15. The summed E-state index contributed by atoms with van der Waals surface area (Å²) in [6.45, 7) is 1.82. The fourth-order valence-corrected chi connectivity index (χ4v) is 3.85. The maximum Gasteiger partial charge on any atom is 0.241 e. The van der Waals surface area contributed by atoms with E-state index in [2.05, 4.69) is 36.6 Å². The number of rotatable bonds is 4. The summed E-state index contributed by atoms with van der Waals surface area (Å²) in [5.74, 6) is 0. The third-order valence-corrected chi connectivity index (χ3v) is 5.37. The van der Waals surface area contributed by atoms with Crippen molar-refractivity contribution in [3.05, 3.63) is 63.0 Å². The van der Waals surface area contributed by atoms with Crippen LogP contribution in [0.25, 0.3) is 0 Å². The second kappa shape index (κ2) is 6.39. The molecule has 0 amide bonds. The van der Waals surface area contributed by atoms with E-state index in [9.17, 15) is 8.42 Å². The molecule has 0 heterocycles. The Bertz CT molecular complexity index is 699. The van der Waals surface area contributed by atoms with Crippen LogP contribution < -0.4 is 4.72 Å². The van der Waals surface area contributed by atoms with Crippen LogP contribution >= 0.6 is 31.9 Å². The molecule has 2 aromatic carbocycles. The first-order valence-electron chi connectivity index (χ1n) is 5.92. The average molecular weight is 419 g/mol. The smallest absolute Gasteiger partial charge is 0.207 e. The molecule has 2 rings (SSSR count). The summed E-state index contributed by atoms with van der Waals surface area (Å²) in [5, 5.41) is 0. The van der Waals surface area contributed by atoms with Gasteiger partial charge in [-0.05, 0) is 42.8 Å². The van der Waals surface area contributed by atoms with Crippen LogP contribution in [0.15, 0.2) is 62.4 Å². The second-order valence-electron chi connectivity index (χ2n) is 4.35. The van der Waals surface area contributed by atoms with Crippen molar-refractivity contribution >= 4 is 41.9 Å². The molecule has 1 atom stereocenters. The minimum Gasteiger partial charge on any atom is -0.207 e. The lowest BCUT2D eigenvalue weighted by Crippen LogP contribution is -2.26. The lowest BCUT2D eigenvalue weighted by atomic mass is 10.1. The standard InChI is InChI=1S/C14H13Br2NO2S/c1-10(11-5-7-12(15)8-6-11)17-20(18,19)14-4-2-3-13(16)9-14/h2-10,17H,1H3/t10-/m0/s1. The monoisotopic (exact) mass is 417 g/mol. The minimum absolute atomic E-state index is 0.246. The molecule has 3 nitrogen and oxygen atoms in total. The van der Waals surface area contributed by atoms with Crippen molar-refractivity contribution in [1.82, 2.24) is 4.72 Å². The Balaban J connectivity index is 2.22. The van der Waals surface area contributed by atoms with Crippen LogP contribution in [0.1, 0.15) is 18.5 Å². The molecule has 6 heteroatoms. The zero-order valence-electron chi connectivity index (χ0n) is 10.7. The molecular formula is C14H13Br2NO2S. The van der Waals surface area contributed by atoms with Crippen LogP contribution in [0.3, 0.4) is 0 Å². The third-order valence-electron chi connectivity index (χ3n) is 2.81. The molecule has 106 valence electrons. The maximum atomic E-state index is 12.3. The van der Waals surface area contributed by atoms with E-state index in [4.69, 9.17) is 0 Å². The maximum absolute atomic E-state index is 12.3. The molecule has 0 aliphatic rings. The van der Waals surface area contributed by atoms with E-state index in [1.54, 1.807) is 24.3 Å².